The molecule has 0 spiro atoms. The molecule has 2 unspecified atom stereocenters. The van der Waals surface area contributed by atoms with E-state index in [2.05, 4.69) is 5.32 Å². The van der Waals surface area contributed by atoms with E-state index in [1.807, 2.05) is 6.19 Å². The van der Waals surface area contributed by atoms with Crippen LogP contribution in [0, 0.1) is 35.0 Å². The molecule has 0 aliphatic heterocycles. The predicted molar refractivity (Wildman–Crippen MR) is 105 cm³/mol. The summed E-state index contributed by atoms with van der Waals surface area (Å²) in [6.07, 6.45) is 6.51. The van der Waals surface area contributed by atoms with Crippen LogP contribution in [0.25, 0.3) is 0 Å². The normalized spacial score (nSPS) is 34.2. The first-order valence-corrected chi connectivity index (χ1v) is 10.2. The molecule has 5 nitrogen and oxygen atoms in total. The Kier molecular flexibility index (Phi) is 4.79. The van der Waals surface area contributed by atoms with Gasteiger partial charge in [-0.25, -0.2) is 4.39 Å². The number of benzene rings is 1. The van der Waals surface area contributed by atoms with E-state index in [1.165, 1.54) is 12.1 Å². The SMILES string of the molecule is CC(C)(Oc1ccc(Cl)cc1F)C(=NC1C2CC3CC1CC(O)(C3)C2)NC#N. The Balaban J connectivity index is 1.60. The molecule has 0 saturated heterocycles. The zero-order valence-corrected chi connectivity index (χ0v) is 16.8. The minimum atomic E-state index is -1.03. The summed E-state index contributed by atoms with van der Waals surface area (Å²) in [7, 11) is 0. The van der Waals surface area contributed by atoms with E-state index in [0.29, 0.717) is 28.6 Å². The van der Waals surface area contributed by atoms with Crippen LogP contribution in [0.5, 0.6) is 5.75 Å². The van der Waals surface area contributed by atoms with Crippen LogP contribution in [-0.4, -0.2) is 28.2 Å². The van der Waals surface area contributed by atoms with Crippen LogP contribution in [0.4, 0.5) is 4.39 Å². The molecule has 150 valence electrons. The molecule has 5 rings (SSSR count). The van der Waals surface area contributed by atoms with Gasteiger partial charge >= 0.3 is 0 Å². The molecule has 4 aliphatic rings. The second-order valence-corrected chi connectivity index (χ2v) is 9.52. The van der Waals surface area contributed by atoms with Gasteiger partial charge in [-0.3, -0.25) is 10.3 Å². The second kappa shape index (κ2) is 6.89. The molecule has 4 aliphatic carbocycles. The summed E-state index contributed by atoms with van der Waals surface area (Å²) >= 11 is 5.82. The van der Waals surface area contributed by atoms with Crippen molar-refractivity contribution in [3.05, 3.63) is 29.0 Å². The van der Waals surface area contributed by atoms with Crippen LogP contribution >= 0.6 is 11.6 Å². The molecule has 0 amide bonds. The van der Waals surface area contributed by atoms with Gasteiger partial charge in [0.05, 0.1) is 11.6 Å². The molecule has 0 heterocycles. The Labute approximate surface area is 169 Å². The summed E-state index contributed by atoms with van der Waals surface area (Å²) in [5.41, 5.74) is -1.57. The van der Waals surface area contributed by atoms with Gasteiger partial charge in [-0.05, 0) is 81.9 Å². The Morgan fingerprint density at radius 3 is 2.61 bits per heavy atom. The third-order valence-corrected chi connectivity index (χ3v) is 6.71. The predicted octanol–water partition coefficient (Wildman–Crippen LogP) is 4.05. The molecular weight excluding hydrogens is 381 g/mol. The molecule has 0 radical (unpaired) electrons. The van der Waals surface area contributed by atoms with Gasteiger partial charge in [0, 0.05) is 5.02 Å². The first-order valence-electron chi connectivity index (χ1n) is 9.79. The van der Waals surface area contributed by atoms with E-state index < -0.39 is 17.0 Å². The van der Waals surface area contributed by atoms with E-state index in [0.717, 1.165) is 32.1 Å². The minimum Gasteiger partial charge on any atom is -0.477 e. The van der Waals surface area contributed by atoms with Crippen LogP contribution < -0.4 is 10.1 Å². The van der Waals surface area contributed by atoms with Crippen molar-refractivity contribution in [3.8, 4) is 11.9 Å². The average molecular weight is 406 g/mol. The van der Waals surface area contributed by atoms with Crippen LogP contribution in [0.15, 0.2) is 23.2 Å². The third-order valence-electron chi connectivity index (χ3n) is 6.47. The van der Waals surface area contributed by atoms with Gasteiger partial charge in [-0.2, -0.15) is 5.26 Å². The smallest absolute Gasteiger partial charge is 0.182 e. The summed E-state index contributed by atoms with van der Waals surface area (Å²) in [5, 5.41) is 23.0. The fourth-order valence-electron chi connectivity index (χ4n) is 5.59. The Morgan fingerprint density at radius 1 is 1.36 bits per heavy atom. The number of nitrogens with one attached hydrogen (secondary N) is 1. The lowest BCUT2D eigenvalue weighted by atomic mass is 9.52. The van der Waals surface area contributed by atoms with Crippen molar-refractivity contribution >= 4 is 17.4 Å². The molecule has 2 atom stereocenters. The number of ether oxygens (including phenoxy) is 1. The molecule has 4 fully saturated rings. The van der Waals surface area contributed by atoms with Crippen molar-refractivity contribution in [3.63, 3.8) is 0 Å². The largest absolute Gasteiger partial charge is 0.477 e. The van der Waals surface area contributed by atoms with Gasteiger partial charge in [0.15, 0.2) is 29.2 Å². The summed E-state index contributed by atoms with van der Waals surface area (Å²) in [6, 6.07) is 4.27. The first kappa shape index (κ1) is 19.5. The molecule has 28 heavy (non-hydrogen) atoms. The number of nitriles is 1. The summed E-state index contributed by atoms with van der Waals surface area (Å²) in [6.45, 7) is 3.52. The number of hydrogen-bond donors (Lipinski definition) is 2. The van der Waals surface area contributed by atoms with Gasteiger partial charge in [0.25, 0.3) is 0 Å². The van der Waals surface area contributed by atoms with Crippen molar-refractivity contribution < 1.29 is 14.2 Å². The molecule has 2 N–H and O–H groups in total. The van der Waals surface area contributed by atoms with Crippen molar-refractivity contribution in [1.82, 2.24) is 5.32 Å². The zero-order valence-electron chi connectivity index (χ0n) is 16.1. The lowest BCUT2D eigenvalue weighted by Crippen LogP contribution is -2.57. The highest BCUT2D eigenvalue weighted by Crippen LogP contribution is 2.56. The van der Waals surface area contributed by atoms with Crippen molar-refractivity contribution in [1.29, 1.82) is 5.26 Å². The number of halogens is 2. The van der Waals surface area contributed by atoms with E-state index >= 15 is 0 Å². The number of hydrogen-bond acceptors (Lipinski definition) is 4. The molecule has 1 aromatic rings. The highest BCUT2D eigenvalue weighted by atomic mass is 35.5. The average Bonchev–Trinajstić information content (AvgIpc) is 2.58. The number of rotatable bonds is 4. The molecule has 0 aromatic heterocycles. The third kappa shape index (κ3) is 3.58. The lowest BCUT2D eigenvalue weighted by Gasteiger charge is -2.57. The van der Waals surface area contributed by atoms with Crippen molar-refractivity contribution in [2.75, 3.05) is 0 Å². The fraction of sp³-hybridized carbons (Fsp3) is 0.619. The maximum atomic E-state index is 14.2. The molecular formula is C21H25ClFN3O2. The second-order valence-electron chi connectivity index (χ2n) is 9.09. The van der Waals surface area contributed by atoms with Crippen LogP contribution in [0.2, 0.25) is 5.02 Å². The maximum Gasteiger partial charge on any atom is 0.182 e. The molecule has 7 heteroatoms. The quantitative estimate of drug-likeness (QED) is 0.343. The molecule has 4 saturated carbocycles. The molecule has 1 aromatic carbocycles. The number of aliphatic imine (C=N–C) groups is 1. The Hall–Kier alpha value is -1.84. The van der Waals surface area contributed by atoms with Crippen molar-refractivity contribution in [2.45, 2.75) is 63.2 Å². The highest BCUT2D eigenvalue weighted by Gasteiger charge is 2.55. The van der Waals surface area contributed by atoms with Gasteiger partial charge in [0.1, 0.15) is 0 Å². The first-order chi connectivity index (χ1) is 13.2. The van der Waals surface area contributed by atoms with Crippen LogP contribution in [0.3, 0.4) is 0 Å². The zero-order chi connectivity index (χ0) is 20.1. The summed E-state index contributed by atoms with van der Waals surface area (Å²) < 4.78 is 20.1. The van der Waals surface area contributed by atoms with Gasteiger partial charge in [-0.15, -0.1) is 0 Å². The summed E-state index contributed by atoms with van der Waals surface area (Å²) in [4.78, 5) is 4.91. The van der Waals surface area contributed by atoms with E-state index in [4.69, 9.17) is 21.3 Å². The molecule has 4 bridgehead atoms. The van der Waals surface area contributed by atoms with Gasteiger partial charge in [0.2, 0.25) is 0 Å². The fourth-order valence-corrected chi connectivity index (χ4v) is 5.75. The van der Waals surface area contributed by atoms with Crippen LogP contribution in [-0.2, 0) is 0 Å². The monoisotopic (exact) mass is 405 g/mol. The number of aliphatic hydroxyl groups is 1. The van der Waals surface area contributed by atoms with E-state index in [1.54, 1.807) is 19.9 Å². The standard InChI is InChI=1S/C21H25ClFN3O2/c1-20(2,28-17-4-3-15(22)7-16(17)23)19(25-11-24)26-18-13-5-12-6-14(18)10-21(27,8-12)9-13/h3-4,7,12-14,18,27H,5-6,8-10H2,1-2H3,(H,25,26). The van der Waals surface area contributed by atoms with E-state index in [9.17, 15) is 14.8 Å². The number of amidine groups is 1. The minimum absolute atomic E-state index is 0.0469. The van der Waals surface area contributed by atoms with Crippen LogP contribution in [0.1, 0.15) is 46.0 Å². The Morgan fingerprint density at radius 2 is 2.04 bits per heavy atom. The van der Waals surface area contributed by atoms with Crippen molar-refractivity contribution in [2.24, 2.45) is 22.7 Å². The van der Waals surface area contributed by atoms with Gasteiger partial charge in [-0.1, -0.05) is 11.6 Å². The maximum absolute atomic E-state index is 14.2. The topological polar surface area (TPSA) is 77.6 Å². The summed E-state index contributed by atoms with van der Waals surface area (Å²) in [5.74, 6) is 1.09. The number of nitrogens with zero attached hydrogens (tertiary/aromatic N) is 2. The van der Waals surface area contributed by atoms with Gasteiger partial charge < -0.3 is 9.84 Å². The van der Waals surface area contributed by atoms with E-state index in [-0.39, 0.29) is 11.8 Å². The highest BCUT2D eigenvalue weighted by molar-refractivity contribution is 6.30. The lowest BCUT2D eigenvalue weighted by molar-refractivity contribution is -0.132. The Bertz CT molecular complexity index is 835.